The average Bonchev–Trinajstić information content (AvgIpc) is 2.26. The Hall–Kier alpha value is -1.97. The Morgan fingerprint density at radius 2 is 2.19 bits per heavy atom. The monoisotopic (exact) mass is 222 g/mol. The van der Waals surface area contributed by atoms with E-state index in [1.807, 2.05) is 0 Å². The predicted octanol–water partition coefficient (Wildman–Crippen LogP) is 0.00610. The Labute approximate surface area is 91.4 Å². The summed E-state index contributed by atoms with van der Waals surface area (Å²) in [7, 11) is 0. The van der Waals surface area contributed by atoms with Crippen molar-refractivity contribution in [3.63, 3.8) is 0 Å². The fourth-order valence-electron chi connectivity index (χ4n) is 1.24. The summed E-state index contributed by atoms with van der Waals surface area (Å²) in [4.78, 5) is 14.3. The van der Waals surface area contributed by atoms with Crippen molar-refractivity contribution in [3.05, 3.63) is 29.1 Å². The first-order chi connectivity index (χ1) is 7.47. The molecule has 1 aromatic rings. The van der Waals surface area contributed by atoms with E-state index < -0.39 is 18.2 Å². The zero-order valence-electron chi connectivity index (χ0n) is 8.45. The van der Waals surface area contributed by atoms with Gasteiger partial charge in [0.15, 0.2) is 11.8 Å². The number of carboxylic acid groups (broad SMARTS) is 1. The summed E-state index contributed by atoms with van der Waals surface area (Å²) in [5.74, 6) is -1.17. The fraction of sp³-hybridized carbons (Fsp3) is 0.300. The molecular weight excluding hydrogens is 212 g/mol. The Morgan fingerprint density at radius 1 is 1.56 bits per heavy atom. The first kappa shape index (κ1) is 12.1. The van der Waals surface area contributed by atoms with Gasteiger partial charge in [-0.05, 0) is 18.6 Å². The number of hydrogen-bond acceptors (Lipinski definition) is 5. The molecule has 0 spiro atoms. The summed E-state index contributed by atoms with van der Waals surface area (Å²) in [6.45, 7) is 1.52. The van der Waals surface area contributed by atoms with E-state index in [0.717, 1.165) is 6.20 Å². The molecule has 1 aromatic heterocycles. The van der Waals surface area contributed by atoms with Gasteiger partial charge in [-0.15, -0.1) is 0 Å². The van der Waals surface area contributed by atoms with E-state index in [1.165, 1.54) is 19.1 Å². The number of rotatable bonds is 3. The Morgan fingerprint density at radius 3 is 2.62 bits per heavy atom. The lowest BCUT2D eigenvalue weighted by Gasteiger charge is -2.12. The second-order valence-electron chi connectivity index (χ2n) is 3.26. The van der Waals surface area contributed by atoms with Crippen LogP contribution in [0.1, 0.15) is 27.7 Å². The minimum Gasteiger partial charge on any atom is -0.477 e. The number of nitrogens with zero attached hydrogens (tertiary/aromatic N) is 2. The minimum atomic E-state index is -1.56. The first-order valence-corrected chi connectivity index (χ1v) is 4.43. The highest BCUT2D eigenvalue weighted by atomic mass is 16.4. The Kier molecular flexibility index (Phi) is 3.55. The van der Waals surface area contributed by atoms with E-state index in [2.05, 4.69) is 4.98 Å². The SMILES string of the molecule is Cc1cc(C(O)C(O)C#N)cnc1C(=O)O. The van der Waals surface area contributed by atoms with Crippen LogP contribution in [0.5, 0.6) is 0 Å². The molecule has 6 nitrogen and oxygen atoms in total. The fourth-order valence-corrected chi connectivity index (χ4v) is 1.24. The zero-order chi connectivity index (χ0) is 12.3. The quantitative estimate of drug-likeness (QED) is 0.620. The van der Waals surface area contributed by atoms with Gasteiger partial charge in [-0.2, -0.15) is 5.26 Å². The summed E-state index contributed by atoms with van der Waals surface area (Å²) < 4.78 is 0. The third kappa shape index (κ3) is 2.34. The Balaban J connectivity index is 3.07. The molecular formula is C10H10N2O4. The third-order valence-corrected chi connectivity index (χ3v) is 2.07. The van der Waals surface area contributed by atoms with Crippen LogP contribution in [0, 0.1) is 18.3 Å². The molecule has 0 aromatic carbocycles. The molecule has 1 rings (SSSR count). The van der Waals surface area contributed by atoms with Crippen LogP contribution < -0.4 is 0 Å². The summed E-state index contributed by atoms with van der Waals surface area (Å²) >= 11 is 0. The maximum atomic E-state index is 10.7. The number of aliphatic hydroxyl groups excluding tert-OH is 2. The number of aromatic nitrogens is 1. The standard InChI is InChI=1S/C10H10N2O4/c1-5-2-6(9(14)7(13)3-11)4-12-8(5)10(15)16/h2,4,7,9,13-14H,1H3,(H,15,16). The van der Waals surface area contributed by atoms with E-state index in [9.17, 15) is 9.90 Å². The van der Waals surface area contributed by atoms with Crippen LogP contribution in [0.4, 0.5) is 0 Å². The highest BCUT2D eigenvalue weighted by molar-refractivity contribution is 5.86. The van der Waals surface area contributed by atoms with Gasteiger partial charge in [-0.1, -0.05) is 0 Å². The number of aliphatic hydroxyl groups is 2. The number of aryl methyl sites for hydroxylation is 1. The van der Waals surface area contributed by atoms with Gasteiger partial charge in [-0.3, -0.25) is 0 Å². The van der Waals surface area contributed by atoms with Gasteiger partial charge in [0, 0.05) is 11.8 Å². The summed E-state index contributed by atoms with van der Waals surface area (Å²) in [6.07, 6.45) is -1.82. The number of nitriles is 1. The van der Waals surface area contributed by atoms with Gasteiger partial charge in [0.05, 0.1) is 6.07 Å². The van der Waals surface area contributed by atoms with Gasteiger partial charge in [0.2, 0.25) is 0 Å². The number of carboxylic acids is 1. The minimum absolute atomic E-state index is 0.123. The van der Waals surface area contributed by atoms with Crippen molar-refractivity contribution in [2.75, 3.05) is 0 Å². The summed E-state index contributed by atoms with van der Waals surface area (Å²) in [6, 6.07) is 2.86. The van der Waals surface area contributed by atoms with Crippen LogP contribution in [0.15, 0.2) is 12.3 Å². The lowest BCUT2D eigenvalue weighted by Crippen LogP contribution is -2.17. The van der Waals surface area contributed by atoms with Gasteiger partial charge in [0.1, 0.15) is 6.10 Å². The first-order valence-electron chi connectivity index (χ1n) is 4.43. The largest absolute Gasteiger partial charge is 0.477 e. The molecule has 0 aliphatic rings. The highest BCUT2D eigenvalue weighted by Crippen LogP contribution is 2.18. The number of carbonyl (C=O) groups is 1. The summed E-state index contributed by atoms with van der Waals surface area (Å²) in [5.41, 5.74) is 0.438. The van der Waals surface area contributed by atoms with E-state index >= 15 is 0 Å². The van der Waals surface area contributed by atoms with E-state index in [1.54, 1.807) is 0 Å². The topological polar surface area (TPSA) is 114 Å². The van der Waals surface area contributed by atoms with Crippen molar-refractivity contribution in [2.45, 2.75) is 19.1 Å². The van der Waals surface area contributed by atoms with E-state index in [4.69, 9.17) is 15.5 Å². The molecule has 2 unspecified atom stereocenters. The van der Waals surface area contributed by atoms with Crippen molar-refractivity contribution in [1.82, 2.24) is 4.98 Å². The molecule has 0 radical (unpaired) electrons. The molecule has 6 heteroatoms. The lowest BCUT2D eigenvalue weighted by molar-refractivity contribution is 0.0524. The van der Waals surface area contributed by atoms with Crippen LogP contribution in [-0.4, -0.2) is 32.4 Å². The van der Waals surface area contributed by atoms with Crippen molar-refractivity contribution >= 4 is 5.97 Å². The highest BCUT2D eigenvalue weighted by Gasteiger charge is 2.19. The van der Waals surface area contributed by atoms with Crippen LogP contribution in [0.25, 0.3) is 0 Å². The molecule has 0 bridgehead atoms. The smallest absolute Gasteiger partial charge is 0.354 e. The molecule has 0 saturated heterocycles. The van der Waals surface area contributed by atoms with Gasteiger partial charge < -0.3 is 15.3 Å². The van der Waals surface area contributed by atoms with Crippen molar-refractivity contribution in [3.8, 4) is 6.07 Å². The number of hydrogen-bond donors (Lipinski definition) is 3. The van der Waals surface area contributed by atoms with Crippen molar-refractivity contribution in [2.24, 2.45) is 0 Å². The molecule has 1 heterocycles. The Bertz CT molecular complexity index is 453. The molecule has 0 saturated carbocycles. The van der Waals surface area contributed by atoms with Crippen molar-refractivity contribution < 1.29 is 20.1 Å². The van der Waals surface area contributed by atoms with Gasteiger partial charge >= 0.3 is 5.97 Å². The van der Waals surface area contributed by atoms with E-state index in [-0.39, 0.29) is 11.3 Å². The van der Waals surface area contributed by atoms with Crippen molar-refractivity contribution in [1.29, 1.82) is 5.26 Å². The molecule has 2 atom stereocenters. The maximum Gasteiger partial charge on any atom is 0.354 e. The molecule has 16 heavy (non-hydrogen) atoms. The molecule has 0 amide bonds. The molecule has 0 aliphatic carbocycles. The van der Waals surface area contributed by atoms with Crippen LogP contribution >= 0.6 is 0 Å². The maximum absolute atomic E-state index is 10.7. The number of aromatic carboxylic acids is 1. The van der Waals surface area contributed by atoms with Crippen LogP contribution in [0.2, 0.25) is 0 Å². The molecule has 0 fully saturated rings. The van der Waals surface area contributed by atoms with E-state index in [0.29, 0.717) is 5.56 Å². The third-order valence-electron chi connectivity index (χ3n) is 2.07. The normalized spacial score (nSPS) is 13.9. The van der Waals surface area contributed by atoms with Crippen LogP contribution in [0.3, 0.4) is 0 Å². The van der Waals surface area contributed by atoms with Gasteiger partial charge in [0.25, 0.3) is 0 Å². The molecule has 0 aliphatic heterocycles. The second kappa shape index (κ2) is 4.70. The second-order valence-corrected chi connectivity index (χ2v) is 3.26. The predicted molar refractivity (Wildman–Crippen MR) is 52.5 cm³/mol. The lowest BCUT2D eigenvalue weighted by atomic mass is 10.0. The van der Waals surface area contributed by atoms with Crippen LogP contribution in [-0.2, 0) is 0 Å². The number of pyridine rings is 1. The molecule has 84 valence electrons. The summed E-state index contributed by atoms with van der Waals surface area (Å²) in [5, 5.41) is 35.7. The van der Waals surface area contributed by atoms with Gasteiger partial charge in [-0.25, -0.2) is 9.78 Å². The zero-order valence-corrected chi connectivity index (χ0v) is 8.45. The average molecular weight is 222 g/mol. The molecule has 3 N–H and O–H groups in total.